The summed E-state index contributed by atoms with van der Waals surface area (Å²) in [5.74, 6) is -0.310. The molecule has 2 aromatic rings. The van der Waals surface area contributed by atoms with Gasteiger partial charge >= 0.3 is 6.18 Å². The molecule has 0 atom stereocenters. The molecule has 0 aliphatic carbocycles. The lowest BCUT2D eigenvalue weighted by Crippen LogP contribution is -2.15. The van der Waals surface area contributed by atoms with Crippen LogP contribution in [0.5, 0.6) is 5.75 Å². The average Bonchev–Trinajstić information content (AvgIpc) is 2.80. The highest BCUT2D eigenvalue weighted by atomic mass is 19.4. The number of halogens is 3. The van der Waals surface area contributed by atoms with Gasteiger partial charge in [0.25, 0.3) is 5.91 Å². The van der Waals surface area contributed by atoms with E-state index >= 15 is 0 Å². The number of hydrogen-bond acceptors (Lipinski definition) is 3. The number of nitrogens with zero attached hydrogens (tertiary/aromatic N) is 2. The van der Waals surface area contributed by atoms with Crippen LogP contribution >= 0.6 is 0 Å². The number of amides is 1. The van der Waals surface area contributed by atoms with Gasteiger partial charge in [-0.2, -0.15) is 18.3 Å². The van der Waals surface area contributed by atoms with Crippen LogP contribution < -0.4 is 10.1 Å². The van der Waals surface area contributed by atoms with Gasteiger partial charge in [-0.3, -0.25) is 9.48 Å². The van der Waals surface area contributed by atoms with Crippen LogP contribution in [0.25, 0.3) is 0 Å². The molecular formula is C13H12F3N3O2. The minimum absolute atomic E-state index is 0.0572. The van der Waals surface area contributed by atoms with E-state index in [9.17, 15) is 18.0 Å². The first-order chi connectivity index (χ1) is 9.82. The maximum atomic E-state index is 12.6. The molecule has 0 aliphatic heterocycles. The Morgan fingerprint density at radius 2 is 2.00 bits per heavy atom. The minimum Gasteiger partial charge on any atom is -0.496 e. The Labute approximate surface area is 118 Å². The molecule has 0 saturated heterocycles. The van der Waals surface area contributed by atoms with Crippen LogP contribution in [0.4, 0.5) is 19.0 Å². The van der Waals surface area contributed by atoms with Crippen LogP contribution in [0.3, 0.4) is 0 Å². The molecule has 2 rings (SSSR count). The molecule has 5 nitrogen and oxygen atoms in total. The van der Waals surface area contributed by atoms with E-state index in [1.165, 1.54) is 20.2 Å². The molecule has 8 heteroatoms. The molecule has 1 aromatic carbocycles. The molecular weight excluding hydrogens is 287 g/mol. The van der Waals surface area contributed by atoms with E-state index in [4.69, 9.17) is 4.74 Å². The highest BCUT2D eigenvalue weighted by molar-refractivity contribution is 6.05. The Morgan fingerprint density at radius 3 is 2.57 bits per heavy atom. The minimum atomic E-state index is -4.56. The lowest BCUT2D eigenvalue weighted by Gasteiger charge is -2.08. The third-order valence-electron chi connectivity index (χ3n) is 2.76. The van der Waals surface area contributed by atoms with Crippen molar-refractivity contribution in [2.45, 2.75) is 6.18 Å². The molecule has 0 fully saturated rings. The van der Waals surface area contributed by atoms with E-state index in [0.29, 0.717) is 5.75 Å². The fourth-order valence-electron chi connectivity index (χ4n) is 1.74. The summed E-state index contributed by atoms with van der Waals surface area (Å²) in [6, 6.07) is 7.17. The summed E-state index contributed by atoms with van der Waals surface area (Å²) in [4.78, 5) is 12.1. The molecule has 0 radical (unpaired) electrons. The molecule has 1 aromatic heterocycles. The number of benzene rings is 1. The second-order valence-electron chi connectivity index (χ2n) is 4.19. The molecule has 112 valence electrons. The van der Waals surface area contributed by atoms with Gasteiger partial charge < -0.3 is 10.1 Å². The van der Waals surface area contributed by atoms with Crippen molar-refractivity contribution in [3.8, 4) is 5.75 Å². The van der Waals surface area contributed by atoms with Crippen molar-refractivity contribution in [2.24, 2.45) is 7.05 Å². The number of para-hydroxylation sites is 1. The van der Waals surface area contributed by atoms with Gasteiger partial charge in [-0.05, 0) is 12.1 Å². The lowest BCUT2D eigenvalue weighted by atomic mass is 10.2. The summed E-state index contributed by atoms with van der Waals surface area (Å²) in [7, 11) is 2.71. The van der Waals surface area contributed by atoms with E-state index < -0.39 is 17.8 Å². The highest BCUT2D eigenvalue weighted by Crippen LogP contribution is 2.30. The van der Waals surface area contributed by atoms with Gasteiger partial charge in [-0.15, -0.1) is 0 Å². The summed E-state index contributed by atoms with van der Waals surface area (Å²) < 4.78 is 43.6. The predicted octanol–water partition coefficient (Wildman–Crippen LogP) is 2.70. The Hall–Kier alpha value is -2.51. The quantitative estimate of drug-likeness (QED) is 0.948. The third kappa shape index (κ3) is 3.15. The summed E-state index contributed by atoms with van der Waals surface area (Å²) in [6.07, 6.45) is -4.56. The van der Waals surface area contributed by atoms with Crippen LogP contribution in [-0.4, -0.2) is 22.8 Å². The highest BCUT2D eigenvalue weighted by Gasteiger charge is 2.34. The second-order valence-corrected chi connectivity index (χ2v) is 4.19. The van der Waals surface area contributed by atoms with Crippen molar-refractivity contribution >= 4 is 11.7 Å². The van der Waals surface area contributed by atoms with Crippen molar-refractivity contribution in [3.05, 3.63) is 41.6 Å². The number of carbonyl (C=O) groups is 1. The number of aromatic nitrogens is 2. The van der Waals surface area contributed by atoms with Gasteiger partial charge in [-0.1, -0.05) is 12.1 Å². The number of ether oxygens (including phenoxy) is 1. The van der Waals surface area contributed by atoms with Gasteiger partial charge in [0.1, 0.15) is 11.6 Å². The van der Waals surface area contributed by atoms with Crippen molar-refractivity contribution in [2.75, 3.05) is 12.4 Å². The van der Waals surface area contributed by atoms with E-state index in [0.717, 1.165) is 10.7 Å². The van der Waals surface area contributed by atoms with Crippen LogP contribution in [0.15, 0.2) is 30.3 Å². The van der Waals surface area contributed by atoms with Gasteiger partial charge in [-0.25, -0.2) is 0 Å². The van der Waals surface area contributed by atoms with Gasteiger partial charge in [0.05, 0.1) is 12.7 Å². The number of anilines is 1. The molecule has 1 heterocycles. The number of hydrogen-bond donors (Lipinski definition) is 1. The molecule has 0 spiro atoms. The molecule has 0 aliphatic rings. The Balaban J connectivity index is 2.26. The predicted molar refractivity (Wildman–Crippen MR) is 69.2 cm³/mol. The lowest BCUT2D eigenvalue weighted by molar-refractivity contribution is -0.141. The summed E-state index contributed by atoms with van der Waals surface area (Å²) >= 11 is 0. The van der Waals surface area contributed by atoms with Crippen molar-refractivity contribution in [1.29, 1.82) is 0 Å². The summed E-state index contributed by atoms with van der Waals surface area (Å²) in [5, 5.41) is 5.69. The monoisotopic (exact) mass is 299 g/mol. The Bertz CT molecular complexity index is 665. The standard InChI is InChI=1S/C13H12F3N3O2/c1-19-11(7-10(18-19)13(14,15)16)17-12(20)8-5-3-4-6-9(8)21-2/h3-7H,1-2H3,(H,17,20). The fourth-order valence-corrected chi connectivity index (χ4v) is 1.74. The first kappa shape index (κ1) is 14.9. The summed E-state index contributed by atoms with van der Waals surface area (Å²) in [5.41, 5.74) is -0.852. The van der Waals surface area contributed by atoms with E-state index in [1.807, 2.05) is 0 Å². The summed E-state index contributed by atoms with van der Waals surface area (Å²) in [6.45, 7) is 0. The number of aryl methyl sites for hydroxylation is 1. The molecule has 1 N–H and O–H groups in total. The number of nitrogens with one attached hydrogen (secondary N) is 1. The van der Waals surface area contributed by atoms with E-state index in [1.54, 1.807) is 18.2 Å². The van der Waals surface area contributed by atoms with E-state index in [-0.39, 0.29) is 11.4 Å². The topological polar surface area (TPSA) is 56.1 Å². The number of carbonyl (C=O) groups excluding carboxylic acids is 1. The molecule has 21 heavy (non-hydrogen) atoms. The zero-order valence-electron chi connectivity index (χ0n) is 11.2. The molecule has 0 bridgehead atoms. The van der Waals surface area contributed by atoms with Crippen LogP contribution in [-0.2, 0) is 13.2 Å². The smallest absolute Gasteiger partial charge is 0.435 e. The Morgan fingerprint density at radius 1 is 1.33 bits per heavy atom. The first-order valence-corrected chi connectivity index (χ1v) is 5.88. The average molecular weight is 299 g/mol. The molecule has 1 amide bonds. The largest absolute Gasteiger partial charge is 0.496 e. The maximum absolute atomic E-state index is 12.6. The van der Waals surface area contributed by atoms with Crippen molar-refractivity contribution in [1.82, 2.24) is 9.78 Å². The van der Waals surface area contributed by atoms with Gasteiger partial charge in [0.2, 0.25) is 0 Å². The first-order valence-electron chi connectivity index (χ1n) is 5.88. The fraction of sp³-hybridized carbons (Fsp3) is 0.231. The third-order valence-corrected chi connectivity index (χ3v) is 2.76. The second kappa shape index (κ2) is 5.47. The molecule has 0 unspecified atom stereocenters. The number of methoxy groups -OCH3 is 1. The van der Waals surface area contributed by atoms with Crippen molar-refractivity contribution in [3.63, 3.8) is 0 Å². The number of rotatable bonds is 3. The van der Waals surface area contributed by atoms with Gasteiger partial charge in [0.15, 0.2) is 5.69 Å². The zero-order valence-corrected chi connectivity index (χ0v) is 11.2. The van der Waals surface area contributed by atoms with Crippen LogP contribution in [0, 0.1) is 0 Å². The van der Waals surface area contributed by atoms with Crippen molar-refractivity contribution < 1.29 is 22.7 Å². The maximum Gasteiger partial charge on any atom is 0.435 e. The molecule has 0 saturated carbocycles. The van der Waals surface area contributed by atoms with Crippen LogP contribution in [0.1, 0.15) is 16.1 Å². The normalized spacial score (nSPS) is 11.3. The SMILES string of the molecule is COc1ccccc1C(=O)Nc1cc(C(F)(F)F)nn1C. The zero-order chi connectivity index (χ0) is 15.6. The van der Waals surface area contributed by atoms with E-state index in [2.05, 4.69) is 10.4 Å². The number of alkyl halides is 3. The van der Waals surface area contributed by atoms with Gasteiger partial charge in [0, 0.05) is 13.1 Å². The van der Waals surface area contributed by atoms with Crippen LogP contribution in [0.2, 0.25) is 0 Å². The Kier molecular flexibility index (Phi) is 3.88.